The van der Waals surface area contributed by atoms with E-state index in [1.54, 1.807) is 23.7 Å². The molecule has 0 aliphatic rings. The number of carbonyl (C=O) groups is 1. The first-order valence-corrected chi connectivity index (χ1v) is 5.29. The zero-order valence-electron chi connectivity index (χ0n) is 8.72. The van der Waals surface area contributed by atoms with Gasteiger partial charge in [0.05, 0.1) is 18.0 Å². The van der Waals surface area contributed by atoms with Gasteiger partial charge in [-0.2, -0.15) is 5.10 Å². The molecule has 5 heteroatoms. The predicted molar refractivity (Wildman–Crippen MR) is 61.5 cm³/mol. The van der Waals surface area contributed by atoms with Gasteiger partial charge in [-0.3, -0.25) is 9.48 Å². The highest BCUT2D eigenvalue weighted by Gasteiger charge is 2.12. The number of rotatable bonds is 3. The van der Waals surface area contributed by atoms with E-state index < -0.39 is 11.9 Å². The van der Waals surface area contributed by atoms with Crippen molar-refractivity contribution in [1.29, 1.82) is 0 Å². The number of hydrogen-bond acceptors (Lipinski definition) is 2. The molecule has 2 rings (SSSR count). The number of aromatic nitrogens is 2. The average molecular weight is 239 g/mol. The molecular weight excluding hydrogens is 228 g/mol. The minimum Gasteiger partial charge on any atom is -0.481 e. The molecule has 16 heavy (non-hydrogen) atoms. The van der Waals surface area contributed by atoms with Gasteiger partial charge < -0.3 is 5.11 Å². The normalized spacial score (nSPS) is 12.9. The van der Waals surface area contributed by atoms with Gasteiger partial charge >= 0.3 is 5.97 Å². The second-order valence-corrected chi connectivity index (χ2v) is 4.23. The van der Waals surface area contributed by atoms with Crippen LogP contribution in [0.1, 0.15) is 6.92 Å². The van der Waals surface area contributed by atoms with Crippen LogP contribution in [0.2, 0.25) is 5.02 Å². The highest BCUT2D eigenvalue weighted by Crippen LogP contribution is 2.18. The van der Waals surface area contributed by atoms with Crippen molar-refractivity contribution in [2.24, 2.45) is 5.92 Å². The van der Waals surface area contributed by atoms with E-state index in [0.717, 1.165) is 10.9 Å². The summed E-state index contributed by atoms with van der Waals surface area (Å²) < 4.78 is 1.64. The maximum atomic E-state index is 10.7. The maximum absolute atomic E-state index is 10.7. The van der Waals surface area contributed by atoms with Crippen LogP contribution >= 0.6 is 11.6 Å². The lowest BCUT2D eigenvalue weighted by Gasteiger charge is -2.04. The lowest BCUT2D eigenvalue weighted by atomic mass is 10.2. The average Bonchev–Trinajstić information content (AvgIpc) is 2.58. The number of carboxylic acid groups (broad SMARTS) is 1. The fraction of sp³-hybridized carbons (Fsp3) is 0.273. The van der Waals surface area contributed by atoms with Crippen molar-refractivity contribution in [2.75, 3.05) is 0 Å². The molecule has 0 radical (unpaired) electrons. The van der Waals surface area contributed by atoms with Crippen molar-refractivity contribution in [2.45, 2.75) is 13.5 Å². The molecule has 0 spiro atoms. The molecule has 2 aromatic rings. The fourth-order valence-corrected chi connectivity index (χ4v) is 1.66. The molecule has 0 aliphatic carbocycles. The van der Waals surface area contributed by atoms with E-state index in [4.69, 9.17) is 16.7 Å². The van der Waals surface area contributed by atoms with Crippen molar-refractivity contribution < 1.29 is 9.90 Å². The highest BCUT2D eigenvalue weighted by atomic mass is 35.5. The molecule has 0 saturated heterocycles. The third-order valence-corrected chi connectivity index (χ3v) is 2.63. The van der Waals surface area contributed by atoms with E-state index in [1.165, 1.54) is 0 Å². The van der Waals surface area contributed by atoms with Gasteiger partial charge in [0.25, 0.3) is 0 Å². The van der Waals surface area contributed by atoms with Crippen LogP contribution in [0.3, 0.4) is 0 Å². The van der Waals surface area contributed by atoms with Crippen LogP contribution in [-0.2, 0) is 11.3 Å². The summed E-state index contributed by atoms with van der Waals surface area (Å²) in [7, 11) is 0. The summed E-state index contributed by atoms with van der Waals surface area (Å²) in [5.74, 6) is -1.28. The second kappa shape index (κ2) is 4.14. The summed E-state index contributed by atoms with van der Waals surface area (Å²) in [6.45, 7) is 2.02. The Kier molecular flexibility index (Phi) is 2.83. The Morgan fingerprint density at radius 2 is 2.38 bits per heavy atom. The topological polar surface area (TPSA) is 55.1 Å². The molecule has 1 heterocycles. The molecule has 1 N–H and O–H groups in total. The number of aliphatic carboxylic acids is 1. The van der Waals surface area contributed by atoms with Crippen LogP contribution in [0.25, 0.3) is 10.9 Å². The number of nitrogens with zero attached hydrogens (tertiary/aromatic N) is 2. The summed E-state index contributed by atoms with van der Waals surface area (Å²) in [5.41, 5.74) is 0.782. The Labute approximate surface area is 97.4 Å². The van der Waals surface area contributed by atoms with Crippen molar-refractivity contribution >= 4 is 28.5 Å². The van der Waals surface area contributed by atoms with Crippen molar-refractivity contribution in [3.05, 3.63) is 29.4 Å². The highest BCUT2D eigenvalue weighted by molar-refractivity contribution is 6.31. The first-order chi connectivity index (χ1) is 7.56. The van der Waals surface area contributed by atoms with E-state index in [2.05, 4.69) is 5.10 Å². The third-order valence-electron chi connectivity index (χ3n) is 2.40. The summed E-state index contributed by atoms with van der Waals surface area (Å²) >= 11 is 5.84. The molecule has 0 fully saturated rings. The smallest absolute Gasteiger partial charge is 0.308 e. The van der Waals surface area contributed by atoms with Gasteiger partial charge in [0.1, 0.15) is 0 Å². The first-order valence-electron chi connectivity index (χ1n) is 4.92. The van der Waals surface area contributed by atoms with E-state index in [1.807, 2.05) is 12.3 Å². The number of halogens is 1. The van der Waals surface area contributed by atoms with E-state index in [-0.39, 0.29) is 0 Å². The van der Waals surface area contributed by atoms with Crippen LogP contribution in [-0.4, -0.2) is 20.9 Å². The zero-order valence-corrected chi connectivity index (χ0v) is 9.48. The van der Waals surface area contributed by atoms with Crippen LogP contribution in [0, 0.1) is 5.92 Å². The van der Waals surface area contributed by atoms with E-state index >= 15 is 0 Å². The summed E-state index contributed by atoms with van der Waals surface area (Å²) in [6.07, 6.45) is 1.82. The Balaban J connectivity index is 2.29. The Morgan fingerprint density at radius 3 is 3.06 bits per heavy atom. The number of fused-ring (bicyclic) bond motifs is 1. The molecule has 1 aromatic carbocycles. The van der Waals surface area contributed by atoms with Crippen molar-refractivity contribution in [1.82, 2.24) is 9.78 Å². The SMILES string of the molecule is CC(Cn1cc2ccc(Cl)cc2n1)C(=O)O. The lowest BCUT2D eigenvalue weighted by Crippen LogP contribution is -2.16. The van der Waals surface area contributed by atoms with E-state index in [0.29, 0.717) is 11.6 Å². The number of hydrogen-bond donors (Lipinski definition) is 1. The molecular formula is C11H11ClN2O2. The Morgan fingerprint density at radius 1 is 1.62 bits per heavy atom. The summed E-state index contributed by atoms with van der Waals surface area (Å²) in [6, 6.07) is 5.42. The molecule has 0 bridgehead atoms. The standard InChI is InChI=1S/C11H11ClN2O2/c1-7(11(15)16)5-14-6-8-2-3-9(12)4-10(8)13-14/h2-4,6-7H,5H2,1H3,(H,15,16). The molecule has 1 atom stereocenters. The summed E-state index contributed by atoms with van der Waals surface area (Å²) in [4.78, 5) is 10.7. The van der Waals surface area contributed by atoms with Gasteiger partial charge in [-0.15, -0.1) is 0 Å². The Bertz CT molecular complexity index is 536. The molecule has 1 unspecified atom stereocenters. The van der Waals surface area contributed by atoms with Crippen LogP contribution < -0.4 is 0 Å². The minimum absolute atomic E-state index is 0.363. The first kappa shape index (κ1) is 11.0. The van der Waals surface area contributed by atoms with Gasteiger partial charge in [0, 0.05) is 16.6 Å². The van der Waals surface area contributed by atoms with Gasteiger partial charge in [0.15, 0.2) is 0 Å². The van der Waals surface area contributed by atoms with Gasteiger partial charge in [-0.25, -0.2) is 0 Å². The predicted octanol–water partition coefficient (Wildman–Crippen LogP) is 2.41. The van der Waals surface area contributed by atoms with Crippen molar-refractivity contribution in [3.63, 3.8) is 0 Å². The molecule has 84 valence electrons. The maximum Gasteiger partial charge on any atom is 0.308 e. The van der Waals surface area contributed by atoms with Crippen molar-refractivity contribution in [3.8, 4) is 0 Å². The number of carboxylic acids is 1. The fourth-order valence-electron chi connectivity index (χ4n) is 1.49. The van der Waals surface area contributed by atoms with Gasteiger partial charge in [0.2, 0.25) is 0 Å². The van der Waals surface area contributed by atoms with Crippen LogP contribution in [0.15, 0.2) is 24.4 Å². The van der Waals surface area contributed by atoms with Crippen LogP contribution in [0.4, 0.5) is 0 Å². The van der Waals surface area contributed by atoms with Crippen LogP contribution in [0.5, 0.6) is 0 Å². The van der Waals surface area contributed by atoms with Gasteiger partial charge in [-0.1, -0.05) is 18.5 Å². The monoisotopic (exact) mass is 238 g/mol. The summed E-state index contributed by atoms with van der Waals surface area (Å²) in [5, 5.41) is 14.7. The van der Waals surface area contributed by atoms with E-state index in [9.17, 15) is 4.79 Å². The van der Waals surface area contributed by atoms with Gasteiger partial charge in [-0.05, 0) is 18.2 Å². The zero-order chi connectivity index (χ0) is 11.7. The molecule has 0 amide bonds. The molecule has 1 aromatic heterocycles. The molecule has 4 nitrogen and oxygen atoms in total. The molecule has 0 aliphatic heterocycles. The molecule has 0 saturated carbocycles. The largest absolute Gasteiger partial charge is 0.481 e. The Hall–Kier alpha value is -1.55. The minimum atomic E-state index is -0.822. The quantitative estimate of drug-likeness (QED) is 0.894. The second-order valence-electron chi connectivity index (χ2n) is 3.79. The third kappa shape index (κ3) is 2.17. The number of benzene rings is 1. The lowest BCUT2D eigenvalue weighted by molar-refractivity contribution is -0.141.